The lowest BCUT2D eigenvalue weighted by atomic mass is 10.0. The molecule has 1 rings (SSSR count). The van der Waals surface area contributed by atoms with Crippen molar-refractivity contribution in [3.05, 3.63) is 29.8 Å². The van der Waals surface area contributed by atoms with Gasteiger partial charge in [0.2, 0.25) is 29.5 Å². The van der Waals surface area contributed by atoms with Crippen molar-refractivity contribution >= 4 is 35.5 Å². The van der Waals surface area contributed by atoms with E-state index in [9.17, 15) is 54.3 Å². The van der Waals surface area contributed by atoms with Crippen molar-refractivity contribution in [2.75, 3.05) is 0 Å². The number of aromatic hydroxyl groups is 1. The number of hydrogen-bond acceptors (Lipinski definition) is 11. The first-order chi connectivity index (χ1) is 19.4. The normalized spacial score (nSPS) is 16.7. The van der Waals surface area contributed by atoms with Gasteiger partial charge < -0.3 is 58.3 Å². The molecule has 0 bridgehead atoms. The first-order valence-corrected chi connectivity index (χ1v) is 12.7. The molecule has 0 saturated heterocycles. The van der Waals surface area contributed by atoms with Crippen molar-refractivity contribution in [1.29, 1.82) is 0 Å². The number of aliphatic carboxylic acids is 1. The van der Waals surface area contributed by atoms with Crippen LogP contribution in [-0.4, -0.2) is 110 Å². The van der Waals surface area contributed by atoms with Crippen LogP contribution >= 0.6 is 0 Å². The minimum absolute atomic E-state index is 0.0952. The van der Waals surface area contributed by atoms with E-state index in [2.05, 4.69) is 21.3 Å². The van der Waals surface area contributed by atoms with E-state index >= 15 is 0 Å². The van der Waals surface area contributed by atoms with Crippen LogP contribution in [-0.2, 0) is 35.2 Å². The first-order valence-electron chi connectivity index (χ1n) is 12.7. The second-order valence-corrected chi connectivity index (χ2v) is 9.72. The standard InChI is InChI=1S/C25H38N6O11/c1-10(32)18(27)23(39)30-19(11(2)33)24(40)29-16(9-17(26)36)21(37)28-15(8-13-4-6-14(35)7-5-13)22(38)31-20(12(3)34)25(41)42/h4-7,10-12,15-16,18-20,32-35H,8-9,27H2,1-3H3,(H2,26,36)(H,28,37)(H,29,40)(H,30,39)(H,31,38)(H,41,42)/t10?,11?,12?,15-,16?,18?,19?,20?/m1/s1. The van der Waals surface area contributed by atoms with Crippen LogP contribution in [0.3, 0.4) is 0 Å². The predicted octanol–water partition coefficient (Wildman–Crippen LogP) is -4.70. The molecule has 1 aromatic carbocycles. The number of phenolic OH excluding ortho intramolecular Hbond substituents is 1. The Balaban J connectivity index is 3.26. The average Bonchev–Trinajstić information content (AvgIpc) is 2.88. The maximum absolute atomic E-state index is 13.2. The molecule has 0 aromatic heterocycles. The van der Waals surface area contributed by atoms with Crippen LogP contribution in [0.2, 0.25) is 0 Å². The Labute approximate surface area is 240 Å². The van der Waals surface area contributed by atoms with E-state index in [4.69, 9.17) is 11.5 Å². The van der Waals surface area contributed by atoms with Crippen molar-refractivity contribution in [3.8, 4) is 5.75 Å². The molecular weight excluding hydrogens is 560 g/mol. The molecule has 17 nitrogen and oxygen atoms in total. The molecule has 5 amide bonds. The predicted molar refractivity (Wildman–Crippen MR) is 144 cm³/mol. The molecule has 1 aromatic rings. The number of nitrogens with one attached hydrogen (secondary N) is 4. The monoisotopic (exact) mass is 598 g/mol. The van der Waals surface area contributed by atoms with Crippen molar-refractivity contribution < 1.29 is 54.3 Å². The van der Waals surface area contributed by atoms with Crippen molar-refractivity contribution in [2.45, 2.75) is 82.1 Å². The van der Waals surface area contributed by atoms with Gasteiger partial charge in [0, 0.05) is 6.42 Å². The van der Waals surface area contributed by atoms with Crippen LogP contribution in [0.25, 0.3) is 0 Å². The van der Waals surface area contributed by atoms with Gasteiger partial charge in [0.15, 0.2) is 6.04 Å². The molecule has 0 saturated carbocycles. The third-order valence-electron chi connectivity index (χ3n) is 5.98. The van der Waals surface area contributed by atoms with E-state index in [1.807, 2.05) is 0 Å². The third-order valence-corrected chi connectivity index (χ3v) is 5.98. The topological polar surface area (TPSA) is 304 Å². The van der Waals surface area contributed by atoms with E-state index in [0.29, 0.717) is 5.56 Å². The molecule has 8 atom stereocenters. The van der Waals surface area contributed by atoms with Gasteiger partial charge >= 0.3 is 5.97 Å². The third kappa shape index (κ3) is 11.3. The molecule has 0 radical (unpaired) electrons. The lowest BCUT2D eigenvalue weighted by Gasteiger charge is -2.27. The number of carbonyl (C=O) groups is 6. The number of benzene rings is 1. The molecule has 7 unspecified atom stereocenters. The maximum atomic E-state index is 13.2. The Morgan fingerprint density at radius 1 is 0.714 bits per heavy atom. The number of phenols is 1. The van der Waals surface area contributed by atoms with E-state index in [-0.39, 0.29) is 12.2 Å². The van der Waals surface area contributed by atoms with Gasteiger partial charge in [-0.2, -0.15) is 0 Å². The van der Waals surface area contributed by atoms with E-state index in [0.717, 1.165) is 13.8 Å². The number of rotatable bonds is 16. The number of hydrogen-bond donors (Lipinski definition) is 11. The largest absolute Gasteiger partial charge is 0.508 e. The Bertz CT molecular complexity index is 1130. The number of aliphatic hydroxyl groups excluding tert-OH is 3. The summed E-state index contributed by atoms with van der Waals surface area (Å²) in [5.41, 5.74) is 11.2. The Kier molecular flexibility index (Phi) is 13.8. The van der Waals surface area contributed by atoms with Crippen molar-refractivity contribution in [3.63, 3.8) is 0 Å². The molecule has 0 aliphatic rings. The van der Waals surface area contributed by atoms with Gasteiger partial charge in [-0.05, 0) is 38.5 Å². The van der Waals surface area contributed by atoms with Gasteiger partial charge in [0.25, 0.3) is 0 Å². The zero-order chi connectivity index (χ0) is 32.3. The summed E-state index contributed by atoms with van der Waals surface area (Å²) in [7, 11) is 0. The second-order valence-electron chi connectivity index (χ2n) is 9.72. The van der Waals surface area contributed by atoms with Gasteiger partial charge in [-0.25, -0.2) is 4.79 Å². The van der Waals surface area contributed by atoms with Crippen LogP contribution in [0.1, 0.15) is 32.8 Å². The smallest absolute Gasteiger partial charge is 0.328 e. The van der Waals surface area contributed by atoms with Gasteiger partial charge in [0.05, 0.1) is 24.7 Å². The zero-order valence-electron chi connectivity index (χ0n) is 23.2. The molecular formula is C25H38N6O11. The average molecular weight is 599 g/mol. The van der Waals surface area contributed by atoms with Crippen LogP contribution in [0.5, 0.6) is 5.75 Å². The summed E-state index contributed by atoms with van der Waals surface area (Å²) in [5, 5.41) is 56.9. The van der Waals surface area contributed by atoms with Crippen LogP contribution in [0.4, 0.5) is 0 Å². The fourth-order valence-corrected chi connectivity index (χ4v) is 3.54. The number of nitrogens with two attached hydrogens (primary N) is 2. The summed E-state index contributed by atoms with van der Waals surface area (Å²) in [6.07, 6.45) is -5.40. The highest BCUT2D eigenvalue weighted by molar-refractivity contribution is 5.97. The first kappa shape index (κ1) is 35.7. The summed E-state index contributed by atoms with van der Waals surface area (Å²) in [6.45, 7) is 3.48. The number of primary amides is 1. The minimum atomic E-state index is -1.75. The molecule has 0 spiro atoms. The molecule has 0 heterocycles. The van der Waals surface area contributed by atoms with E-state index in [1.165, 1.54) is 31.2 Å². The lowest BCUT2D eigenvalue weighted by Crippen LogP contribution is -2.62. The Hall–Kier alpha value is -4.32. The zero-order valence-corrected chi connectivity index (χ0v) is 23.2. The van der Waals surface area contributed by atoms with Gasteiger partial charge in [-0.15, -0.1) is 0 Å². The summed E-state index contributed by atoms with van der Waals surface area (Å²) in [6, 6.07) is -2.72. The van der Waals surface area contributed by atoms with Crippen LogP contribution < -0.4 is 32.7 Å². The molecule has 0 aliphatic carbocycles. The van der Waals surface area contributed by atoms with Crippen molar-refractivity contribution in [1.82, 2.24) is 21.3 Å². The van der Waals surface area contributed by atoms with Crippen LogP contribution in [0.15, 0.2) is 24.3 Å². The van der Waals surface area contributed by atoms with E-state index in [1.54, 1.807) is 0 Å². The summed E-state index contributed by atoms with van der Waals surface area (Å²) in [5.74, 6) is -7.02. The number of aliphatic hydroxyl groups is 3. The molecule has 234 valence electrons. The van der Waals surface area contributed by atoms with E-state index < -0.39 is 90.4 Å². The van der Waals surface area contributed by atoms with Gasteiger partial charge in [-0.1, -0.05) is 12.1 Å². The Morgan fingerprint density at radius 3 is 1.64 bits per heavy atom. The van der Waals surface area contributed by atoms with Crippen LogP contribution in [0, 0.1) is 0 Å². The summed E-state index contributed by atoms with van der Waals surface area (Å²) >= 11 is 0. The number of amides is 5. The molecule has 0 fully saturated rings. The molecule has 42 heavy (non-hydrogen) atoms. The van der Waals surface area contributed by atoms with Crippen molar-refractivity contribution in [2.24, 2.45) is 11.5 Å². The Morgan fingerprint density at radius 2 is 1.19 bits per heavy atom. The second kappa shape index (κ2) is 16.2. The maximum Gasteiger partial charge on any atom is 0.328 e. The fourth-order valence-electron chi connectivity index (χ4n) is 3.54. The lowest BCUT2D eigenvalue weighted by molar-refractivity contribution is -0.145. The highest BCUT2D eigenvalue weighted by Gasteiger charge is 2.35. The highest BCUT2D eigenvalue weighted by atomic mass is 16.4. The summed E-state index contributed by atoms with van der Waals surface area (Å²) in [4.78, 5) is 74.6. The van der Waals surface area contributed by atoms with Gasteiger partial charge in [-0.3, -0.25) is 24.0 Å². The molecule has 0 aliphatic heterocycles. The minimum Gasteiger partial charge on any atom is -0.508 e. The molecule has 17 heteroatoms. The quantitative estimate of drug-likeness (QED) is 0.0855. The highest BCUT2D eigenvalue weighted by Crippen LogP contribution is 2.12. The molecule has 13 N–H and O–H groups in total. The SMILES string of the molecule is CC(O)C(N)C(=O)NC(C(=O)NC(CC(N)=O)C(=O)N[C@H](Cc1ccc(O)cc1)C(=O)NC(C(=O)O)C(C)O)C(C)O. The fraction of sp³-hybridized carbons (Fsp3) is 0.520. The number of carbonyl (C=O) groups excluding carboxylic acids is 5. The number of carboxylic acids is 1. The number of carboxylic acid groups (broad SMARTS) is 1. The van der Waals surface area contributed by atoms with Gasteiger partial charge in [0.1, 0.15) is 29.9 Å². The summed E-state index contributed by atoms with van der Waals surface area (Å²) < 4.78 is 0.